The first kappa shape index (κ1) is 14.9. The lowest BCUT2D eigenvalue weighted by Crippen LogP contribution is -2.12. The predicted octanol–water partition coefficient (Wildman–Crippen LogP) is 2.42. The van der Waals surface area contributed by atoms with E-state index in [1.54, 1.807) is 29.8 Å². The maximum Gasteiger partial charge on any atom is 0.186 e. The predicted molar refractivity (Wildman–Crippen MR) is 79.4 cm³/mol. The van der Waals surface area contributed by atoms with Gasteiger partial charge in [0, 0.05) is 6.54 Å². The molecule has 0 aliphatic rings. The smallest absolute Gasteiger partial charge is 0.186 e. The van der Waals surface area contributed by atoms with E-state index in [4.69, 9.17) is 17.3 Å². The number of nitrogen functional groups attached to an aromatic ring is 1. The maximum atomic E-state index is 12.5. The fourth-order valence-corrected chi connectivity index (χ4v) is 3.83. The first-order valence-electron chi connectivity index (χ1n) is 6.16. The van der Waals surface area contributed by atoms with E-state index in [1.165, 1.54) is 6.07 Å². The van der Waals surface area contributed by atoms with Crippen molar-refractivity contribution in [3.8, 4) is 0 Å². The van der Waals surface area contributed by atoms with E-state index in [0.717, 1.165) is 0 Å². The zero-order chi connectivity index (χ0) is 14.9. The van der Waals surface area contributed by atoms with Crippen LogP contribution in [0.3, 0.4) is 0 Å². The lowest BCUT2D eigenvalue weighted by molar-refractivity contribution is 0.586. The highest BCUT2D eigenvalue weighted by atomic mass is 35.5. The van der Waals surface area contributed by atoms with Crippen LogP contribution >= 0.6 is 11.6 Å². The zero-order valence-electron chi connectivity index (χ0n) is 11.3. The average molecular weight is 314 g/mol. The summed E-state index contributed by atoms with van der Waals surface area (Å²) in [6.45, 7) is 4.19. The summed E-state index contributed by atoms with van der Waals surface area (Å²) < 4.78 is 26.6. The summed E-state index contributed by atoms with van der Waals surface area (Å²) in [7, 11) is -3.56. The number of hydrogen-bond acceptors (Lipinski definition) is 4. The molecule has 0 radical (unpaired) electrons. The molecule has 0 unspecified atom stereocenters. The Morgan fingerprint density at radius 3 is 2.60 bits per heavy atom. The number of halogens is 1. The second-order valence-electron chi connectivity index (χ2n) is 4.46. The highest BCUT2D eigenvalue weighted by Gasteiger charge is 2.23. The molecule has 0 aliphatic heterocycles. The van der Waals surface area contributed by atoms with Gasteiger partial charge in [-0.1, -0.05) is 23.7 Å². The van der Waals surface area contributed by atoms with Crippen LogP contribution in [0.4, 0.5) is 5.69 Å². The molecule has 0 atom stereocenters. The largest absolute Gasteiger partial charge is 0.398 e. The van der Waals surface area contributed by atoms with Crippen molar-refractivity contribution in [1.82, 2.24) is 9.78 Å². The van der Waals surface area contributed by atoms with Gasteiger partial charge in [-0.3, -0.25) is 4.68 Å². The van der Waals surface area contributed by atoms with Gasteiger partial charge in [-0.15, -0.1) is 0 Å². The number of rotatable bonds is 4. The number of hydrogen-bond donors (Lipinski definition) is 1. The number of para-hydroxylation sites is 1. The Morgan fingerprint density at radius 1 is 1.35 bits per heavy atom. The Balaban J connectivity index is 2.47. The number of aromatic nitrogens is 2. The molecule has 2 rings (SSSR count). The van der Waals surface area contributed by atoms with Crippen LogP contribution in [0.15, 0.2) is 29.2 Å². The number of anilines is 1. The second-order valence-corrected chi connectivity index (χ2v) is 6.79. The summed E-state index contributed by atoms with van der Waals surface area (Å²) in [5.41, 5.74) is 7.10. The molecular weight excluding hydrogens is 298 g/mol. The molecule has 0 saturated carbocycles. The topological polar surface area (TPSA) is 78.0 Å². The minimum Gasteiger partial charge on any atom is -0.398 e. The van der Waals surface area contributed by atoms with Crippen molar-refractivity contribution >= 4 is 27.1 Å². The van der Waals surface area contributed by atoms with Gasteiger partial charge < -0.3 is 5.73 Å². The van der Waals surface area contributed by atoms with Crippen molar-refractivity contribution < 1.29 is 8.42 Å². The third kappa shape index (κ3) is 2.66. The molecule has 1 aromatic heterocycles. The standard InChI is InChI=1S/C13H16ClN3O2S/c1-3-17-11(13(14)9(2)16-17)8-20(18,19)12-7-5-4-6-10(12)15/h4-7H,3,8,15H2,1-2H3. The Labute approximate surface area is 123 Å². The Hall–Kier alpha value is -1.53. The van der Waals surface area contributed by atoms with Crippen molar-refractivity contribution in [2.24, 2.45) is 0 Å². The van der Waals surface area contributed by atoms with Crippen LogP contribution in [0.1, 0.15) is 18.3 Å². The van der Waals surface area contributed by atoms with Crippen molar-refractivity contribution in [2.75, 3.05) is 5.73 Å². The van der Waals surface area contributed by atoms with Gasteiger partial charge in [0.1, 0.15) is 0 Å². The van der Waals surface area contributed by atoms with Gasteiger partial charge >= 0.3 is 0 Å². The molecule has 2 N–H and O–H groups in total. The summed E-state index contributed by atoms with van der Waals surface area (Å²) in [4.78, 5) is 0.123. The van der Waals surface area contributed by atoms with Crippen LogP contribution in [0.25, 0.3) is 0 Å². The molecule has 108 valence electrons. The normalized spacial score (nSPS) is 11.8. The molecule has 0 bridgehead atoms. The summed E-state index contributed by atoms with van der Waals surface area (Å²) in [6, 6.07) is 6.41. The monoisotopic (exact) mass is 313 g/mol. The van der Waals surface area contributed by atoms with E-state index in [9.17, 15) is 8.42 Å². The van der Waals surface area contributed by atoms with Crippen LogP contribution in [0, 0.1) is 6.92 Å². The van der Waals surface area contributed by atoms with E-state index in [0.29, 0.717) is 23.0 Å². The summed E-state index contributed by atoms with van der Waals surface area (Å²) in [5.74, 6) is -0.214. The van der Waals surface area contributed by atoms with Gasteiger partial charge in [0.2, 0.25) is 0 Å². The van der Waals surface area contributed by atoms with Gasteiger partial charge in [-0.2, -0.15) is 5.10 Å². The fourth-order valence-electron chi connectivity index (χ4n) is 2.03. The molecule has 1 heterocycles. The second kappa shape index (κ2) is 5.46. The first-order chi connectivity index (χ1) is 9.36. The lowest BCUT2D eigenvalue weighted by atomic mass is 10.3. The first-order valence-corrected chi connectivity index (χ1v) is 8.19. The Morgan fingerprint density at radius 2 is 2.00 bits per heavy atom. The zero-order valence-corrected chi connectivity index (χ0v) is 12.9. The molecule has 2 aromatic rings. The number of benzene rings is 1. The van der Waals surface area contributed by atoms with Crippen molar-refractivity contribution in [2.45, 2.75) is 31.0 Å². The van der Waals surface area contributed by atoms with Gasteiger partial charge in [0.25, 0.3) is 0 Å². The minimum atomic E-state index is -3.56. The maximum absolute atomic E-state index is 12.5. The highest BCUT2D eigenvalue weighted by Crippen LogP contribution is 2.27. The fraction of sp³-hybridized carbons (Fsp3) is 0.308. The highest BCUT2D eigenvalue weighted by molar-refractivity contribution is 7.90. The summed E-state index contributed by atoms with van der Waals surface area (Å²) >= 11 is 6.15. The molecule has 5 nitrogen and oxygen atoms in total. The van der Waals surface area contributed by atoms with Gasteiger partial charge in [0.15, 0.2) is 9.84 Å². The van der Waals surface area contributed by atoms with Crippen LogP contribution in [-0.2, 0) is 22.1 Å². The quantitative estimate of drug-likeness (QED) is 0.879. The van der Waals surface area contributed by atoms with Gasteiger partial charge in [0.05, 0.1) is 32.7 Å². The molecule has 0 spiro atoms. The molecule has 0 saturated heterocycles. The molecule has 0 amide bonds. The van der Waals surface area contributed by atoms with Gasteiger partial charge in [-0.05, 0) is 26.0 Å². The van der Waals surface area contributed by atoms with E-state index < -0.39 is 9.84 Å². The third-order valence-electron chi connectivity index (χ3n) is 3.03. The van der Waals surface area contributed by atoms with Crippen LogP contribution < -0.4 is 5.73 Å². The molecule has 1 aromatic carbocycles. The molecular formula is C13H16ClN3O2S. The van der Waals surface area contributed by atoms with E-state index in [1.807, 2.05) is 6.92 Å². The summed E-state index contributed by atoms with van der Waals surface area (Å²) in [5, 5.41) is 4.61. The SMILES string of the molecule is CCn1nc(C)c(Cl)c1CS(=O)(=O)c1ccccc1N. The van der Waals surface area contributed by atoms with Crippen molar-refractivity contribution in [3.63, 3.8) is 0 Å². The molecule has 0 fully saturated rings. The summed E-state index contributed by atoms with van der Waals surface area (Å²) in [6.07, 6.45) is 0. The minimum absolute atomic E-state index is 0.123. The van der Waals surface area contributed by atoms with Crippen LogP contribution in [0.2, 0.25) is 5.02 Å². The number of sulfone groups is 1. The van der Waals surface area contributed by atoms with Crippen LogP contribution in [0.5, 0.6) is 0 Å². The van der Waals surface area contributed by atoms with E-state index in [-0.39, 0.29) is 16.3 Å². The molecule has 0 aliphatic carbocycles. The average Bonchev–Trinajstić information content (AvgIpc) is 2.66. The van der Waals surface area contributed by atoms with Crippen molar-refractivity contribution in [1.29, 1.82) is 0 Å². The Kier molecular flexibility index (Phi) is 4.06. The lowest BCUT2D eigenvalue weighted by Gasteiger charge is -2.09. The number of nitrogens with two attached hydrogens (primary N) is 1. The van der Waals surface area contributed by atoms with Crippen LogP contribution in [-0.4, -0.2) is 18.2 Å². The third-order valence-corrected chi connectivity index (χ3v) is 5.22. The van der Waals surface area contributed by atoms with Gasteiger partial charge in [-0.25, -0.2) is 8.42 Å². The molecule has 7 heteroatoms. The van der Waals surface area contributed by atoms with E-state index in [2.05, 4.69) is 5.10 Å². The number of aryl methyl sites for hydroxylation is 2. The molecule has 20 heavy (non-hydrogen) atoms. The number of nitrogens with zero attached hydrogens (tertiary/aromatic N) is 2. The van der Waals surface area contributed by atoms with E-state index >= 15 is 0 Å². The Bertz CT molecular complexity index is 738. The van der Waals surface area contributed by atoms with Crippen molar-refractivity contribution in [3.05, 3.63) is 40.7 Å².